The minimum Gasteiger partial charge on any atom is -0.394 e. The Bertz CT molecular complexity index is 530. The molecule has 2 rings (SSSR count). The summed E-state index contributed by atoms with van der Waals surface area (Å²) < 4.78 is 1.06. The summed E-state index contributed by atoms with van der Waals surface area (Å²) in [4.78, 5) is 0. The molecule has 1 atom stereocenters. The zero-order valence-electron chi connectivity index (χ0n) is 10.3. The van der Waals surface area contributed by atoms with Crippen molar-refractivity contribution in [2.75, 3.05) is 6.61 Å². The van der Waals surface area contributed by atoms with Gasteiger partial charge in [-0.05, 0) is 29.3 Å². The maximum absolute atomic E-state index is 9.50. The molecule has 2 N–H and O–H groups in total. The Morgan fingerprint density at radius 3 is 2.42 bits per heavy atom. The number of hydrogen-bond donors (Lipinski definition) is 2. The molecule has 0 aliphatic rings. The Balaban J connectivity index is 2.04. The van der Waals surface area contributed by atoms with E-state index in [4.69, 9.17) is 11.6 Å². The molecule has 0 bridgehead atoms. The van der Waals surface area contributed by atoms with Gasteiger partial charge in [-0.3, -0.25) is 0 Å². The minimum absolute atomic E-state index is 0.0141. The van der Waals surface area contributed by atoms with E-state index in [0.717, 1.165) is 15.6 Å². The van der Waals surface area contributed by atoms with Crippen LogP contribution in [0.4, 0.5) is 0 Å². The van der Waals surface area contributed by atoms with Crippen LogP contribution in [0.15, 0.2) is 53.0 Å². The van der Waals surface area contributed by atoms with Crippen LogP contribution in [-0.4, -0.2) is 11.7 Å². The van der Waals surface area contributed by atoms with Crippen LogP contribution in [0.1, 0.15) is 17.2 Å². The largest absolute Gasteiger partial charge is 0.394 e. The molecule has 0 fully saturated rings. The van der Waals surface area contributed by atoms with E-state index in [-0.39, 0.29) is 12.6 Å². The van der Waals surface area contributed by atoms with Gasteiger partial charge in [-0.2, -0.15) is 0 Å². The van der Waals surface area contributed by atoms with Gasteiger partial charge in [0.15, 0.2) is 0 Å². The number of nitrogens with one attached hydrogen (secondary N) is 1. The highest BCUT2D eigenvalue weighted by Crippen LogP contribution is 2.22. The van der Waals surface area contributed by atoms with Crippen molar-refractivity contribution in [2.24, 2.45) is 0 Å². The highest BCUT2D eigenvalue weighted by atomic mass is 79.9. The summed E-state index contributed by atoms with van der Waals surface area (Å²) >= 11 is 9.55. The first-order valence-electron chi connectivity index (χ1n) is 6.04. The lowest BCUT2D eigenvalue weighted by atomic mass is 10.1. The molecule has 4 heteroatoms. The van der Waals surface area contributed by atoms with Crippen molar-refractivity contribution in [1.29, 1.82) is 0 Å². The van der Waals surface area contributed by atoms with Crippen LogP contribution in [0.25, 0.3) is 0 Å². The van der Waals surface area contributed by atoms with Gasteiger partial charge in [0, 0.05) is 16.0 Å². The van der Waals surface area contributed by atoms with Gasteiger partial charge in [0.25, 0.3) is 0 Å². The van der Waals surface area contributed by atoms with Crippen molar-refractivity contribution >= 4 is 27.5 Å². The number of aliphatic hydroxyl groups is 1. The summed E-state index contributed by atoms with van der Waals surface area (Å²) in [5, 5.41) is 13.5. The standard InChI is InChI=1S/C15H15BrClNO/c16-12-7-5-11(6-8-12)9-18-15(10-19)13-3-1-2-4-14(13)17/h1-8,15,18-19H,9-10H2/t15-/m1/s1. The minimum atomic E-state index is -0.155. The van der Waals surface area contributed by atoms with Crippen molar-refractivity contribution in [3.8, 4) is 0 Å². The maximum atomic E-state index is 9.50. The topological polar surface area (TPSA) is 32.3 Å². The van der Waals surface area contributed by atoms with E-state index in [1.54, 1.807) is 0 Å². The van der Waals surface area contributed by atoms with Gasteiger partial charge in [0.2, 0.25) is 0 Å². The zero-order valence-corrected chi connectivity index (χ0v) is 12.7. The molecule has 0 aromatic heterocycles. The Morgan fingerprint density at radius 2 is 1.79 bits per heavy atom. The molecule has 2 aromatic carbocycles. The van der Waals surface area contributed by atoms with Crippen LogP contribution >= 0.6 is 27.5 Å². The predicted octanol–water partition coefficient (Wildman–Crippen LogP) is 3.93. The lowest BCUT2D eigenvalue weighted by molar-refractivity contribution is 0.243. The van der Waals surface area contributed by atoms with Gasteiger partial charge in [-0.15, -0.1) is 0 Å². The SMILES string of the molecule is OC[C@@H](NCc1ccc(Br)cc1)c1ccccc1Cl. The van der Waals surface area contributed by atoms with Crippen LogP contribution < -0.4 is 5.32 Å². The molecule has 0 aliphatic heterocycles. The molecular weight excluding hydrogens is 326 g/mol. The zero-order chi connectivity index (χ0) is 13.7. The first kappa shape index (κ1) is 14.5. The van der Waals surface area contributed by atoms with Crippen LogP contribution in [0.2, 0.25) is 5.02 Å². The third-order valence-electron chi connectivity index (χ3n) is 2.93. The average molecular weight is 341 g/mol. The average Bonchev–Trinajstić information content (AvgIpc) is 2.43. The van der Waals surface area contributed by atoms with Crippen molar-refractivity contribution in [1.82, 2.24) is 5.32 Å². The molecule has 0 saturated heterocycles. The number of aliphatic hydroxyl groups excluding tert-OH is 1. The summed E-state index contributed by atoms with van der Waals surface area (Å²) in [6, 6.07) is 15.5. The molecule has 0 radical (unpaired) electrons. The first-order valence-corrected chi connectivity index (χ1v) is 7.21. The Labute approximate surface area is 126 Å². The molecular formula is C15H15BrClNO. The van der Waals surface area contributed by atoms with E-state index < -0.39 is 0 Å². The molecule has 0 unspecified atom stereocenters. The van der Waals surface area contributed by atoms with Crippen molar-refractivity contribution < 1.29 is 5.11 Å². The van der Waals surface area contributed by atoms with E-state index in [1.807, 2.05) is 48.5 Å². The van der Waals surface area contributed by atoms with Crippen LogP contribution in [0.5, 0.6) is 0 Å². The lowest BCUT2D eigenvalue weighted by Gasteiger charge is -2.18. The monoisotopic (exact) mass is 339 g/mol. The second kappa shape index (κ2) is 7.06. The number of hydrogen-bond acceptors (Lipinski definition) is 2. The van der Waals surface area contributed by atoms with Crippen molar-refractivity contribution in [3.63, 3.8) is 0 Å². The van der Waals surface area contributed by atoms with Gasteiger partial charge in [0.05, 0.1) is 12.6 Å². The van der Waals surface area contributed by atoms with Gasteiger partial charge in [0.1, 0.15) is 0 Å². The van der Waals surface area contributed by atoms with Crippen LogP contribution in [0.3, 0.4) is 0 Å². The fourth-order valence-corrected chi connectivity index (χ4v) is 2.41. The number of benzene rings is 2. The lowest BCUT2D eigenvalue weighted by Crippen LogP contribution is -2.24. The third kappa shape index (κ3) is 4.05. The smallest absolute Gasteiger partial charge is 0.0627 e. The first-order chi connectivity index (χ1) is 9.20. The number of rotatable bonds is 5. The van der Waals surface area contributed by atoms with Crippen LogP contribution in [-0.2, 0) is 6.54 Å². The van der Waals surface area contributed by atoms with Gasteiger partial charge >= 0.3 is 0 Å². The Hall–Kier alpha value is -0.870. The second-order valence-electron chi connectivity index (χ2n) is 4.26. The van der Waals surface area contributed by atoms with E-state index >= 15 is 0 Å². The molecule has 19 heavy (non-hydrogen) atoms. The van der Waals surface area contributed by atoms with E-state index in [9.17, 15) is 5.11 Å². The van der Waals surface area contributed by atoms with E-state index in [1.165, 1.54) is 0 Å². The molecule has 100 valence electrons. The fraction of sp³-hybridized carbons (Fsp3) is 0.200. The highest BCUT2D eigenvalue weighted by Gasteiger charge is 2.12. The van der Waals surface area contributed by atoms with E-state index in [2.05, 4.69) is 21.2 Å². The second-order valence-corrected chi connectivity index (χ2v) is 5.59. The summed E-state index contributed by atoms with van der Waals surface area (Å²) in [7, 11) is 0. The summed E-state index contributed by atoms with van der Waals surface area (Å²) in [5.41, 5.74) is 2.08. The normalized spacial score (nSPS) is 12.4. The Morgan fingerprint density at radius 1 is 1.11 bits per heavy atom. The molecule has 0 spiro atoms. The highest BCUT2D eigenvalue weighted by molar-refractivity contribution is 9.10. The molecule has 0 heterocycles. The van der Waals surface area contributed by atoms with Crippen molar-refractivity contribution in [2.45, 2.75) is 12.6 Å². The third-order valence-corrected chi connectivity index (χ3v) is 3.80. The van der Waals surface area contributed by atoms with Gasteiger partial charge in [-0.25, -0.2) is 0 Å². The molecule has 0 amide bonds. The quantitative estimate of drug-likeness (QED) is 0.864. The molecule has 0 aliphatic carbocycles. The van der Waals surface area contributed by atoms with E-state index in [0.29, 0.717) is 11.6 Å². The molecule has 2 nitrogen and oxygen atoms in total. The Kier molecular flexibility index (Phi) is 5.40. The summed E-state index contributed by atoms with van der Waals surface area (Å²) in [5.74, 6) is 0. The predicted molar refractivity (Wildman–Crippen MR) is 82.3 cm³/mol. The molecule has 2 aromatic rings. The summed E-state index contributed by atoms with van der Waals surface area (Å²) in [6.07, 6.45) is 0. The van der Waals surface area contributed by atoms with Crippen molar-refractivity contribution in [3.05, 3.63) is 69.2 Å². The number of halogens is 2. The van der Waals surface area contributed by atoms with Gasteiger partial charge < -0.3 is 10.4 Å². The van der Waals surface area contributed by atoms with Gasteiger partial charge in [-0.1, -0.05) is 57.9 Å². The summed E-state index contributed by atoms with van der Waals surface area (Å²) in [6.45, 7) is 0.698. The fourth-order valence-electron chi connectivity index (χ4n) is 1.87. The molecule has 0 saturated carbocycles. The maximum Gasteiger partial charge on any atom is 0.0627 e. The van der Waals surface area contributed by atoms with Crippen LogP contribution in [0, 0.1) is 0 Å².